The molecule has 0 saturated carbocycles. The average molecular weight is 499 g/mol. The lowest BCUT2D eigenvalue weighted by molar-refractivity contribution is -0.173. The van der Waals surface area contributed by atoms with Gasteiger partial charge in [-0.15, -0.1) is 11.3 Å². The number of carbonyl (C=O) groups is 1. The summed E-state index contributed by atoms with van der Waals surface area (Å²) in [5.74, 6) is -0.420. The number of hydrogen-bond donors (Lipinski definition) is 2. The third kappa shape index (κ3) is 3.85. The number of anilines is 2. The summed E-state index contributed by atoms with van der Waals surface area (Å²) in [5, 5.41) is 11.8. The molecule has 2 aromatic heterocycles. The van der Waals surface area contributed by atoms with E-state index in [2.05, 4.69) is 31.7 Å². The molecule has 1 amide bonds. The second kappa shape index (κ2) is 8.07. The number of carbonyl (C=O) groups excluding carboxylic acids is 1. The van der Waals surface area contributed by atoms with E-state index in [9.17, 15) is 18.0 Å². The van der Waals surface area contributed by atoms with Gasteiger partial charge in [0.15, 0.2) is 11.7 Å². The Labute approximate surface area is 183 Å². The zero-order valence-electron chi connectivity index (χ0n) is 15.8. The molecule has 1 aliphatic heterocycles. The molecule has 3 heterocycles. The summed E-state index contributed by atoms with van der Waals surface area (Å²) in [7, 11) is 0. The Bertz CT molecular complexity index is 1060. The van der Waals surface area contributed by atoms with Crippen molar-refractivity contribution < 1.29 is 18.0 Å². The SMILES string of the molecule is CCc1ccccc1NC(=O)c1nn2c(c1Br)NC(c1cccs1)CC2C(F)(F)F. The summed E-state index contributed by atoms with van der Waals surface area (Å²) < 4.78 is 42.5. The summed E-state index contributed by atoms with van der Waals surface area (Å²) in [5.41, 5.74) is 1.44. The van der Waals surface area contributed by atoms with Crippen LogP contribution in [-0.4, -0.2) is 21.9 Å². The Hall–Kier alpha value is -2.33. The van der Waals surface area contributed by atoms with Crippen molar-refractivity contribution in [2.75, 3.05) is 10.6 Å². The van der Waals surface area contributed by atoms with E-state index in [0.29, 0.717) is 12.1 Å². The zero-order valence-corrected chi connectivity index (χ0v) is 18.2. The smallest absolute Gasteiger partial charge is 0.362 e. The number of aryl methyl sites for hydroxylation is 1. The van der Waals surface area contributed by atoms with E-state index in [-0.39, 0.29) is 22.4 Å². The van der Waals surface area contributed by atoms with Gasteiger partial charge in [-0.2, -0.15) is 18.3 Å². The minimum atomic E-state index is -4.50. The Morgan fingerprint density at radius 1 is 1.33 bits per heavy atom. The van der Waals surface area contributed by atoms with Crippen LogP contribution >= 0.6 is 27.3 Å². The second-order valence-electron chi connectivity index (χ2n) is 6.93. The van der Waals surface area contributed by atoms with Crippen LogP contribution < -0.4 is 10.6 Å². The van der Waals surface area contributed by atoms with Crippen LogP contribution in [0.15, 0.2) is 46.3 Å². The summed E-state index contributed by atoms with van der Waals surface area (Å²) in [6.07, 6.45) is -4.00. The lowest BCUT2D eigenvalue weighted by Crippen LogP contribution is -2.35. The molecule has 3 aromatic rings. The van der Waals surface area contributed by atoms with Gasteiger partial charge < -0.3 is 10.6 Å². The van der Waals surface area contributed by atoms with Crippen LogP contribution in [0.1, 0.15) is 46.4 Å². The number of nitrogens with one attached hydrogen (secondary N) is 2. The normalized spacial score (nSPS) is 18.6. The first kappa shape index (κ1) is 20.9. The van der Waals surface area contributed by atoms with Crippen LogP contribution in [0.3, 0.4) is 0 Å². The van der Waals surface area contributed by atoms with Gasteiger partial charge in [-0.1, -0.05) is 31.2 Å². The van der Waals surface area contributed by atoms with Crippen LogP contribution in [0.5, 0.6) is 0 Å². The van der Waals surface area contributed by atoms with Crippen molar-refractivity contribution in [3.05, 3.63) is 62.4 Å². The maximum atomic E-state index is 13.8. The molecule has 0 radical (unpaired) electrons. The fourth-order valence-electron chi connectivity index (χ4n) is 3.54. The van der Waals surface area contributed by atoms with Gasteiger partial charge in [-0.3, -0.25) is 4.79 Å². The van der Waals surface area contributed by atoms with Gasteiger partial charge >= 0.3 is 6.18 Å². The van der Waals surface area contributed by atoms with E-state index in [1.807, 2.05) is 24.4 Å². The first-order valence-electron chi connectivity index (χ1n) is 9.33. The number of hydrogen-bond acceptors (Lipinski definition) is 4. The van der Waals surface area contributed by atoms with Crippen LogP contribution in [0.25, 0.3) is 0 Å². The third-order valence-corrected chi connectivity index (χ3v) is 6.78. The number of benzene rings is 1. The molecule has 1 aromatic carbocycles. The first-order valence-corrected chi connectivity index (χ1v) is 11.0. The van der Waals surface area contributed by atoms with Crippen LogP contribution in [0.4, 0.5) is 24.7 Å². The van der Waals surface area contributed by atoms with Crippen molar-refractivity contribution >= 4 is 44.7 Å². The molecule has 30 heavy (non-hydrogen) atoms. The topological polar surface area (TPSA) is 59.0 Å². The van der Waals surface area contributed by atoms with Gasteiger partial charge in [0, 0.05) is 17.0 Å². The van der Waals surface area contributed by atoms with Gasteiger partial charge in [0.2, 0.25) is 0 Å². The highest BCUT2D eigenvalue weighted by Gasteiger charge is 2.48. The van der Waals surface area contributed by atoms with Crippen LogP contribution in [-0.2, 0) is 6.42 Å². The van der Waals surface area contributed by atoms with E-state index in [1.165, 1.54) is 11.3 Å². The number of aromatic nitrogens is 2. The number of halogens is 4. The molecule has 0 fully saturated rings. The largest absolute Gasteiger partial charge is 0.410 e. The van der Waals surface area contributed by atoms with Crippen molar-refractivity contribution in [3.8, 4) is 0 Å². The minimum Gasteiger partial charge on any atom is -0.362 e. The number of amides is 1. The molecule has 158 valence electrons. The zero-order chi connectivity index (χ0) is 21.5. The summed E-state index contributed by atoms with van der Waals surface area (Å²) in [4.78, 5) is 13.7. The van der Waals surface area contributed by atoms with Crippen LogP contribution in [0, 0.1) is 0 Å². The summed E-state index contributed by atoms with van der Waals surface area (Å²) >= 11 is 4.69. The lowest BCUT2D eigenvalue weighted by atomic mass is 10.0. The van der Waals surface area contributed by atoms with Gasteiger partial charge in [0.05, 0.1) is 10.5 Å². The van der Waals surface area contributed by atoms with Gasteiger partial charge in [-0.05, 0) is 45.4 Å². The van der Waals surface area contributed by atoms with E-state index in [4.69, 9.17) is 0 Å². The first-order chi connectivity index (χ1) is 14.3. The van der Waals surface area contributed by atoms with Crippen LogP contribution in [0.2, 0.25) is 0 Å². The van der Waals surface area contributed by atoms with Crippen molar-refractivity contribution in [1.29, 1.82) is 0 Å². The second-order valence-corrected chi connectivity index (χ2v) is 8.70. The lowest BCUT2D eigenvalue weighted by Gasteiger charge is -2.33. The Morgan fingerprint density at radius 3 is 2.77 bits per heavy atom. The van der Waals surface area contributed by atoms with E-state index < -0.39 is 24.2 Å². The molecule has 1 aliphatic rings. The molecular weight excluding hydrogens is 481 g/mol. The fourth-order valence-corrected chi connectivity index (χ4v) is 4.89. The Morgan fingerprint density at radius 2 is 2.10 bits per heavy atom. The number of thiophene rings is 1. The van der Waals surface area contributed by atoms with E-state index >= 15 is 0 Å². The number of nitrogens with zero attached hydrogens (tertiary/aromatic N) is 2. The maximum Gasteiger partial charge on any atom is 0.410 e. The van der Waals surface area contributed by atoms with Gasteiger partial charge in [0.1, 0.15) is 5.82 Å². The molecule has 2 unspecified atom stereocenters. The maximum absolute atomic E-state index is 13.8. The summed E-state index contributed by atoms with van der Waals surface area (Å²) in [6.45, 7) is 1.96. The van der Waals surface area contributed by atoms with Crippen molar-refractivity contribution in [3.63, 3.8) is 0 Å². The highest BCUT2D eigenvalue weighted by atomic mass is 79.9. The molecule has 2 atom stereocenters. The molecule has 2 N–H and O–H groups in total. The van der Waals surface area contributed by atoms with E-state index in [1.54, 1.807) is 24.3 Å². The third-order valence-electron chi connectivity index (χ3n) is 5.04. The minimum absolute atomic E-state index is 0.0931. The molecule has 0 saturated heterocycles. The number of fused-ring (bicyclic) bond motifs is 1. The molecule has 5 nitrogen and oxygen atoms in total. The molecule has 0 spiro atoms. The number of para-hydroxylation sites is 1. The predicted octanol–water partition coefficient (Wildman–Crippen LogP) is 6.18. The highest BCUT2D eigenvalue weighted by molar-refractivity contribution is 9.10. The van der Waals surface area contributed by atoms with Gasteiger partial charge in [0.25, 0.3) is 5.91 Å². The molecular formula is C20H18BrF3N4OS. The summed E-state index contributed by atoms with van der Waals surface area (Å²) in [6, 6.07) is 8.53. The monoisotopic (exact) mass is 498 g/mol. The predicted molar refractivity (Wildman–Crippen MR) is 114 cm³/mol. The van der Waals surface area contributed by atoms with Crippen molar-refractivity contribution in [2.45, 2.75) is 38.0 Å². The molecule has 10 heteroatoms. The van der Waals surface area contributed by atoms with Gasteiger partial charge in [-0.25, -0.2) is 4.68 Å². The Kier molecular flexibility index (Phi) is 5.63. The molecule has 0 bridgehead atoms. The van der Waals surface area contributed by atoms with E-state index in [0.717, 1.165) is 15.1 Å². The fraction of sp³-hybridized carbons (Fsp3) is 0.300. The van der Waals surface area contributed by atoms with Crippen molar-refractivity contribution in [2.24, 2.45) is 0 Å². The van der Waals surface area contributed by atoms with Crippen molar-refractivity contribution in [1.82, 2.24) is 9.78 Å². The molecule has 0 aliphatic carbocycles. The quantitative estimate of drug-likeness (QED) is 0.451. The average Bonchev–Trinajstić information content (AvgIpc) is 3.35. The Balaban J connectivity index is 1.70. The number of alkyl halides is 3. The number of rotatable bonds is 4. The molecule has 4 rings (SSSR count). The highest BCUT2D eigenvalue weighted by Crippen LogP contribution is 2.46. The standard InChI is InChI=1S/C20H18BrF3N4OS/c1-2-11-6-3-4-7-12(11)26-19(29)17-16(21)18-25-13(14-8-5-9-30-14)10-15(20(22,23)24)28(18)27-17/h3-9,13,15,25H,2,10H2,1H3,(H,26,29).